The molecule has 23 heavy (non-hydrogen) atoms. The first-order chi connectivity index (χ1) is 11.1. The van der Waals surface area contributed by atoms with E-state index in [9.17, 15) is 0 Å². The van der Waals surface area contributed by atoms with Crippen LogP contribution in [-0.2, 0) is 6.61 Å². The lowest BCUT2D eigenvalue weighted by Gasteiger charge is -2.19. The standard InChI is InChI=1S/C20H25NO2/c1-14-15(2)20(23-18-11-7-8-12-18)21-16(3)19(14)22-13-17-9-5-4-6-10-17/h4-6,9-10,18H,7-8,11-13H2,1-3H3. The number of hydrogen-bond acceptors (Lipinski definition) is 3. The monoisotopic (exact) mass is 311 g/mol. The summed E-state index contributed by atoms with van der Waals surface area (Å²) in [5.74, 6) is 1.66. The van der Waals surface area contributed by atoms with Crippen molar-refractivity contribution in [3.05, 3.63) is 52.7 Å². The third-order valence-corrected chi connectivity index (χ3v) is 4.63. The average Bonchev–Trinajstić information content (AvgIpc) is 3.06. The molecule has 1 heterocycles. The second-order valence-corrected chi connectivity index (χ2v) is 6.38. The maximum absolute atomic E-state index is 6.12. The number of rotatable bonds is 5. The highest BCUT2D eigenvalue weighted by molar-refractivity contribution is 5.46. The predicted octanol–water partition coefficient (Wildman–Crippen LogP) is 4.91. The second-order valence-electron chi connectivity index (χ2n) is 6.38. The Hall–Kier alpha value is -2.03. The number of benzene rings is 1. The highest BCUT2D eigenvalue weighted by Crippen LogP contribution is 2.33. The van der Waals surface area contributed by atoms with Gasteiger partial charge in [-0.05, 0) is 52.0 Å². The van der Waals surface area contributed by atoms with E-state index in [0.717, 1.165) is 46.9 Å². The first-order valence-electron chi connectivity index (χ1n) is 8.46. The molecule has 3 heteroatoms. The average molecular weight is 311 g/mol. The fourth-order valence-corrected chi connectivity index (χ4v) is 3.11. The van der Waals surface area contributed by atoms with E-state index in [1.807, 2.05) is 25.1 Å². The molecular weight excluding hydrogens is 286 g/mol. The SMILES string of the molecule is Cc1nc(OC2CCCC2)c(C)c(C)c1OCc1ccccc1. The van der Waals surface area contributed by atoms with E-state index in [0.29, 0.717) is 12.7 Å². The smallest absolute Gasteiger partial charge is 0.217 e. The summed E-state index contributed by atoms with van der Waals surface area (Å²) < 4.78 is 12.2. The molecule has 0 atom stereocenters. The normalized spacial score (nSPS) is 14.9. The van der Waals surface area contributed by atoms with Crippen molar-refractivity contribution >= 4 is 0 Å². The van der Waals surface area contributed by atoms with Crippen LogP contribution in [0.2, 0.25) is 0 Å². The van der Waals surface area contributed by atoms with E-state index in [-0.39, 0.29) is 0 Å². The van der Waals surface area contributed by atoms with Gasteiger partial charge in [0.2, 0.25) is 5.88 Å². The highest BCUT2D eigenvalue weighted by atomic mass is 16.5. The van der Waals surface area contributed by atoms with Gasteiger partial charge in [0.1, 0.15) is 18.5 Å². The van der Waals surface area contributed by atoms with Crippen molar-refractivity contribution < 1.29 is 9.47 Å². The number of aromatic nitrogens is 1. The Morgan fingerprint density at radius 1 is 1.00 bits per heavy atom. The topological polar surface area (TPSA) is 31.4 Å². The van der Waals surface area contributed by atoms with Crippen molar-refractivity contribution in [2.24, 2.45) is 0 Å². The Morgan fingerprint density at radius 2 is 1.70 bits per heavy atom. The maximum atomic E-state index is 6.12. The largest absolute Gasteiger partial charge is 0.487 e. The predicted molar refractivity (Wildman–Crippen MR) is 92.1 cm³/mol. The second kappa shape index (κ2) is 7.03. The number of aryl methyl sites for hydroxylation is 1. The van der Waals surface area contributed by atoms with Crippen LogP contribution in [0.4, 0.5) is 0 Å². The van der Waals surface area contributed by atoms with Gasteiger partial charge in [-0.1, -0.05) is 30.3 Å². The van der Waals surface area contributed by atoms with E-state index < -0.39 is 0 Å². The molecule has 0 unspecified atom stereocenters. The highest BCUT2D eigenvalue weighted by Gasteiger charge is 2.20. The van der Waals surface area contributed by atoms with E-state index in [4.69, 9.17) is 9.47 Å². The van der Waals surface area contributed by atoms with Crippen molar-refractivity contribution in [2.75, 3.05) is 0 Å². The molecule has 3 nitrogen and oxygen atoms in total. The van der Waals surface area contributed by atoms with Crippen molar-refractivity contribution in [3.8, 4) is 11.6 Å². The van der Waals surface area contributed by atoms with Crippen LogP contribution in [0.1, 0.15) is 48.1 Å². The molecule has 0 radical (unpaired) electrons. The van der Waals surface area contributed by atoms with Crippen LogP contribution in [0.25, 0.3) is 0 Å². The molecule has 3 rings (SSSR count). The van der Waals surface area contributed by atoms with Crippen LogP contribution in [-0.4, -0.2) is 11.1 Å². The molecule has 1 aromatic carbocycles. The quantitative estimate of drug-likeness (QED) is 0.786. The number of ether oxygens (including phenoxy) is 2. The van der Waals surface area contributed by atoms with Crippen LogP contribution >= 0.6 is 0 Å². The number of hydrogen-bond donors (Lipinski definition) is 0. The van der Waals surface area contributed by atoms with Crippen molar-refractivity contribution in [2.45, 2.75) is 59.2 Å². The summed E-state index contributed by atoms with van der Waals surface area (Å²) in [7, 11) is 0. The molecular formula is C20H25NO2. The van der Waals surface area contributed by atoms with Gasteiger partial charge in [-0.3, -0.25) is 0 Å². The third-order valence-electron chi connectivity index (χ3n) is 4.63. The molecule has 122 valence electrons. The molecule has 1 aliphatic carbocycles. The van der Waals surface area contributed by atoms with Gasteiger partial charge < -0.3 is 9.47 Å². The van der Waals surface area contributed by atoms with Gasteiger partial charge in [-0.15, -0.1) is 0 Å². The van der Waals surface area contributed by atoms with Crippen LogP contribution < -0.4 is 9.47 Å². The number of nitrogens with zero attached hydrogens (tertiary/aromatic N) is 1. The fraction of sp³-hybridized carbons (Fsp3) is 0.450. The van der Waals surface area contributed by atoms with E-state index in [2.05, 4.69) is 31.0 Å². The van der Waals surface area contributed by atoms with Gasteiger partial charge in [0.25, 0.3) is 0 Å². The van der Waals surface area contributed by atoms with Gasteiger partial charge in [0, 0.05) is 11.1 Å². The first kappa shape index (κ1) is 15.9. The van der Waals surface area contributed by atoms with Crippen LogP contribution in [0.15, 0.2) is 30.3 Å². The van der Waals surface area contributed by atoms with E-state index >= 15 is 0 Å². The molecule has 0 aliphatic heterocycles. The Bertz CT molecular complexity index is 661. The summed E-state index contributed by atoms with van der Waals surface area (Å²) in [4.78, 5) is 4.66. The summed E-state index contributed by atoms with van der Waals surface area (Å²) in [6.45, 7) is 6.72. The van der Waals surface area contributed by atoms with Gasteiger partial charge in [-0.25, -0.2) is 4.98 Å². The van der Waals surface area contributed by atoms with Gasteiger partial charge in [0.05, 0.1) is 5.69 Å². The zero-order valence-corrected chi connectivity index (χ0v) is 14.3. The van der Waals surface area contributed by atoms with Gasteiger partial charge >= 0.3 is 0 Å². The zero-order chi connectivity index (χ0) is 16.2. The Labute approximate surface area is 138 Å². The summed E-state index contributed by atoms with van der Waals surface area (Å²) in [5.41, 5.74) is 4.28. The van der Waals surface area contributed by atoms with Crippen molar-refractivity contribution in [1.82, 2.24) is 4.98 Å². The summed E-state index contributed by atoms with van der Waals surface area (Å²) in [5, 5.41) is 0. The lowest BCUT2D eigenvalue weighted by atomic mass is 10.1. The van der Waals surface area contributed by atoms with Crippen molar-refractivity contribution in [3.63, 3.8) is 0 Å². The number of pyridine rings is 1. The lowest BCUT2D eigenvalue weighted by molar-refractivity contribution is 0.198. The van der Waals surface area contributed by atoms with Crippen molar-refractivity contribution in [1.29, 1.82) is 0 Å². The maximum Gasteiger partial charge on any atom is 0.217 e. The summed E-state index contributed by atoms with van der Waals surface area (Å²) in [6, 6.07) is 10.2. The first-order valence-corrected chi connectivity index (χ1v) is 8.46. The fourth-order valence-electron chi connectivity index (χ4n) is 3.11. The Morgan fingerprint density at radius 3 is 2.39 bits per heavy atom. The van der Waals surface area contributed by atoms with Crippen LogP contribution in [0, 0.1) is 20.8 Å². The molecule has 1 aliphatic rings. The third kappa shape index (κ3) is 3.66. The Balaban J connectivity index is 1.77. The molecule has 1 saturated carbocycles. The lowest BCUT2D eigenvalue weighted by Crippen LogP contribution is -2.14. The van der Waals surface area contributed by atoms with E-state index in [1.165, 1.54) is 12.8 Å². The summed E-state index contributed by atoms with van der Waals surface area (Å²) >= 11 is 0. The molecule has 1 aromatic heterocycles. The van der Waals surface area contributed by atoms with Gasteiger partial charge in [-0.2, -0.15) is 0 Å². The molecule has 0 spiro atoms. The molecule has 0 bridgehead atoms. The van der Waals surface area contributed by atoms with E-state index in [1.54, 1.807) is 0 Å². The summed E-state index contributed by atoms with van der Waals surface area (Å²) in [6.07, 6.45) is 5.15. The molecule has 0 saturated heterocycles. The molecule has 1 fully saturated rings. The zero-order valence-electron chi connectivity index (χ0n) is 14.3. The Kier molecular flexibility index (Phi) is 4.85. The van der Waals surface area contributed by atoms with Crippen LogP contribution in [0.3, 0.4) is 0 Å². The minimum Gasteiger partial charge on any atom is -0.487 e. The molecule has 0 N–H and O–H groups in total. The molecule has 2 aromatic rings. The minimum atomic E-state index is 0.330. The minimum absolute atomic E-state index is 0.330. The van der Waals surface area contributed by atoms with Crippen LogP contribution in [0.5, 0.6) is 11.6 Å². The molecule has 0 amide bonds. The van der Waals surface area contributed by atoms with Gasteiger partial charge in [0.15, 0.2) is 0 Å².